The zero-order valence-corrected chi connectivity index (χ0v) is 21.2. The van der Waals surface area contributed by atoms with Gasteiger partial charge in [0.1, 0.15) is 11.3 Å². The molecule has 0 bridgehead atoms. The second kappa shape index (κ2) is 10.8. The maximum atomic E-state index is 13.0. The Hall–Kier alpha value is -3.95. The Balaban J connectivity index is 1.47. The summed E-state index contributed by atoms with van der Waals surface area (Å²) in [6.07, 6.45) is 1.37. The Bertz CT molecular complexity index is 1400. The summed E-state index contributed by atoms with van der Waals surface area (Å²) in [5.41, 5.74) is 2.25. The molecule has 0 aromatic heterocycles. The van der Waals surface area contributed by atoms with Crippen LogP contribution in [0.15, 0.2) is 76.8 Å². The van der Waals surface area contributed by atoms with Crippen molar-refractivity contribution >= 4 is 68.7 Å². The number of aryl methyl sites for hydroxylation is 1. The lowest BCUT2D eigenvalue weighted by atomic mass is 10.1. The minimum absolute atomic E-state index is 0.216. The molecule has 36 heavy (non-hydrogen) atoms. The number of barbiturate groups is 1. The lowest BCUT2D eigenvalue weighted by Gasteiger charge is -2.26. The molecule has 1 aliphatic heterocycles. The highest BCUT2D eigenvalue weighted by Gasteiger charge is 2.36. The molecular formula is C26H19BrClN3O5. The number of hydrogen-bond donors (Lipinski definition) is 2. The van der Waals surface area contributed by atoms with Crippen LogP contribution < -0.4 is 20.3 Å². The molecule has 10 heteroatoms. The first kappa shape index (κ1) is 25.2. The predicted octanol–water partition coefficient (Wildman–Crippen LogP) is 5.09. The molecule has 0 atom stereocenters. The lowest BCUT2D eigenvalue weighted by Crippen LogP contribution is -2.54. The molecule has 182 valence electrons. The van der Waals surface area contributed by atoms with Crippen LogP contribution in [0, 0.1) is 6.92 Å². The number of amides is 5. The zero-order valence-electron chi connectivity index (χ0n) is 18.9. The number of rotatable bonds is 6. The average Bonchev–Trinajstić information content (AvgIpc) is 2.82. The second-order valence-corrected chi connectivity index (χ2v) is 9.12. The zero-order chi connectivity index (χ0) is 25.8. The van der Waals surface area contributed by atoms with Crippen molar-refractivity contribution in [3.8, 4) is 5.75 Å². The number of nitrogens with one attached hydrogen (secondary N) is 2. The fraction of sp³-hybridized carbons (Fsp3) is 0.0769. The van der Waals surface area contributed by atoms with Crippen molar-refractivity contribution in [2.75, 3.05) is 16.8 Å². The summed E-state index contributed by atoms with van der Waals surface area (Å²) in [4.78, 5) is 50.8. The van der Waals surface area contributed by atoms with E-state index >= 15 is 0 Å². The van der Waals surface area contributed by atoms with Crippen LogP contribution in [0.2, 0.25) is 5.02 Å². The first-order valence-corrected chi connectivity index (χ1v) is 11.8. The smallest absolute Gasteiger partial charge is 0.335 e. The number of urea groups is 1. The number of benzene rings is 3. The highest BCUT2D eigenvalue weighted by atomic mass is 79.9. The standard InChI is InChI=1S/C26H19BrClN3O5/c1-15-3-2-4-18(11-15)29-23(32)14-36-22-10-5-16(13-21(22)27)12-20-24(33)30-26(35)31(25(20)34)19-8-6-17(28)7-9-19/h2-13H,14H2,1H3,(H,29,32)(H,30,33,35)/b20-12+. The Morgan fingerprint density at radius 2 is 1.83 bits per heavy atom. The van der Waals surface area contributed by atoms with Gasteiger partial charge in [0.25, 0.3) is 17.7 Å². The van der Waals surface area contributed by atoms with Gasteiger partial charge in [-0.3, -0.25) is 19.7 Å². The van der Waals surface area contributed by atoms with Crippen LogP contribution in [0.3, 0.4) is 0 Å². The van der Waals surface area contributed by atoms with Gasteiger partial charge in [-0.05, 0) is 88.6 Å². The van der Waals surface area contributed by atoms with Crippen molar-refractivity contribution in [2.45, 2.75) is 6.92 Å². The van der Waals surface area contributed by atoms with E-state index in [1.807, 2.05) is 25.1 Å². The summed E-state index contributed by atoms with van der Waals surface area (Å²) in [5.74, 6) is -1.50. The van der Waals surface area contributed by atoms with Gasteiger partial charge < -0.3 is 10.1 Å². The highest BCUT2D eigenvalue weighted by molar-refractivity contribution is 9.10. The van der Waals surface area contributed by atoms with Crippen LogP contribution in [-0.4, -0.2) is 30.4 Å². The predicted molar refractivity (Wildman–Crippen MR) is 140 cm³/mol. The number of imide groups is 2. The number of carbonyl (C=O) groups is 4. The van der Waals surface area contributed by atoms with Gasteiger partial charge in [0.05, 0.1) is 10.2 Å². The van der Waals surface area contributed by atoms with Gasteiger partial charge in [-0.15, -0.1) is 0 Å². The molecule has 0 spiro atoms. The van der Waals surface area contributed by atoms with Gasteiger partial charge in [-0.2, -0.15) is 0 Å². The van der Waals surface area contributed by atoms with E-state index in [4.69, 9.17) is 16.3 Å². The topological polar surface area (TPSA) is 105 Å². The maximum Gasteiger partial charge on any atom is 0.335 e. The Morgan fingerprint density at radius 3 is 2.53 bits per heavy atom. The van der Waals surface area contributed by atoms with Crippen molar-refractivity contribution in [1.29, 1.82) is 0 Å². The Labute approximate surface area is 220 Å². The molecule has 1 heterocycles. The largest absolute Gasteiger partial charge is 0.483 e. The van der Waals surface area contributed by atoms with Gasteiger partial charge in [-0.1, -0.05) is 29.8 Å². The maximum absolute atomic E-state index is 13.0. The van der Waals surface area contributed by atoms with Crippen LogP contribution in [0.5, 0.6) is 5.75 Å². The van der Waals surface area contributed by atoms with Crippen LogP contribution >= 0.6 is 27.5 Å². The second-order valence-electron chi connectivity index (χ2n) is 7.83. The van der Waals surface area contributed by atoms with Gasteiger partial charge >= 0.3 is 6.03 Å². The van der Waals surface area contributed by atoms with E-state index in [-0.39, 0.29) is 23.8 Å². The van der Waals surface area contributed by atoms with E-state index in [1.54, 1.807) is 24.3 Å². The third kappa shape index (κ3) is 5.81. The van der Waals surface area contributed by atoms with E-state index in [0.717, 1.165) is 10.5 Å². The molecule has 2 N–H and O–H groups in total. The molecule has 1 aliphatic rings. The molecule has 1 saturated heterocycles. The van der Waals surface area contributed by atoms with E-state index in [1.165, 1.54) is 30.3 Å². The average molecular weight is 569 g/mol. The fourth-order valence-corrected chi connectivity index (χ4v) is 4.07. The molecule has 0 unspecified atom stereocenters. The fourth-order valence-electron chi connectivity index (χ4n) is 3.44. The van der Waals surface area contributed by atoms with Crippen LogP contribution in [-0.2, 0) is 14.4 Å². The molecule has 3 aromatic rings. The number of carbonyl (C=O) groups excluding carboxylic acids is 4. The van der Waals surface area contributed by atoms with E-state index < -0.39 is 17.8 Å². The molecule has 5 amide bonds. The third-order valence-electron chi connectivity index (χ3n) is 5.11. The Morgan fingerprint density at radius 1 is 1.08 bits per heavy atom. The van der Waals surface area contributed by atoms with E-state index in [2.05, 4.69) is 26.6 Å². The van der Waals surface area contributed by atoms with E-state index in [0.29, 0.717) is 26.5 Å². The molecule has 4 rings (SSSR count). The Kier molecular flexibility index (Phi) is 7.52. The quantitative estimate of drug-likeness (QED) is 0.318. The molecule has 1 fully saturated rings. The lowest BCUT2D eigenvalue weighted by molar-refractivity contribution is -0.122. The number of hydrogen-bond acceptors (Lipinski definition) is 5. The van der Waals surface area contributed by atoms with Crippen molar-refractivity contribution in [2.24, 2.45) is 0 Å². The molecule has 0 radical (unpaired) electrons. The number of ether oxygens (including phenoxy) is 1. The number of anilines is 2. The minimum Gasteiger partial charge on any atom is -0.483 e. The van der Waals surface area contributed by atoms with Crippen LogP contribution in [0.1, 0.15) is 11.1 Å². The van der Waals surface area contributed by atoms with E-state index in [9.17, 15) is 19.2 Å². The van der Waals surface area contributed by atoms with Crippen molar-refractivity contribution in [3.63, 3.8) is 0 Å². The molecule has 8 nitrogen and oxygen atoms in total. The molecule has 0 aliphatic carbocycles. The summed E-state index contributed by atoms with van der Waals surface area (Å²) < 4.78 is 6.11. The normalized spacial score (nSPS) is 14.6. The van der Waals surface area contributed by atoms with Crippen LogP contribution in [0.4, 0.5) is 16.2 Å². The highest BCUT2D eigenvalue weighted by Crippen LogP contribution is 2.28. The van der Waals surface area contributed by atoms with Gasteiger partial charge in [0.15, 0.2) is 6.61 Å². The van der Waals surface area contributed by atoms with Crippen molar-refractivity contribution in [1.82, 2.24) is 5.32 Å². The van der Waals surface area contributed by atoms with Gasteiger partial charge in [-0.25, -0.2) is 9.69 Å². The van der Waals surface area contributed by atoms with Crippen molar-refractivity contribution < 1.29 is 23.9 Å². The number of nitrogens with zero attached hydrogens (tertiary/aromatic N) is 1. The summed E-state index contributed by atoms with van der Waals surface area (Å²) in [6, 6.07) is 17.5. The molecule has 0 saturated carbocycles. The molecular weight excluding hydrogens is 550 g/mol. The summed E-state index contributed by atoms with van der Waals surface area (Å²) in [7, 11) is 0. The number of halogens is 2. The minimum atomic E-state index is -0.849. The van der Waals surface area contributed by atoms with Gasteiger partial charge in [0, 0.05) is 10.7 Å². The molecule has 3 aromatic carbocycles. The van der Waals surface area contributed by atoms with Gasteiger partial charge in [0.2, 0.25) is 0 Å². The SMILES string of the molecule is Cc1cccc(NC(=O)COc2ccc(/C=C3\C(=O)NC(=O)N(c4ccc(Cl)cc4)C3=O)cc2Br)c1. The monoisotopic (exact) mass is 567 g/mol. The summed E-state index contributed by atoms with van der Waals surface area (Å²) in [5, 5.41) is 5.37. The summed E-state index contributed by atoms with van der Waals surface area (Å²) >= 11 is 9.27. The third-order valence-corrected chi connectivity index (χ3v) is 5.99. The van der Waals surface area contributed by atoms with Crippen LogP contribution in [0.25, 0.3) is 6.08 Å². The van der Waals surface area contributed by atoms with Crippen molar-refractivity contribution in [3.05, 3.63) is 92.9 Å². The first-order valence-electron chi connectivity index (χ1n) is 10.7. The summed E-state index contributed by atoms with van der Waals surface area (Å²) in [6.45, 7) is 1.71. The first-order chi connectivity index (χ1) is 17.2.